The summed E-state index contributed by atoms with van der Waals surface area (Å²) in [6.07, 6.45) is 1.61. The summed E-state index contributed by atoms with van der Waals surface area (Å²) >= 11 is 0. The van der Waals surface area contributed by atoms with Crippen molar-refractivity contribution in [2.45, 2.75) is 39.7 Å². The van der Waals surface area contributed by atoms with Crippen molar-refractivity contribution in [3.05, 3.63) is 54.6 Å². The third-order valence-electron chi connectivity index (χ3n) is 4.54. The van der Waals surface area contributed by atoms with Crippen LogP contribution in [0.25, 0.3) is 21.9 Å². The van der Waals surface area contributed by atoms with Crippen LogP contribution < -0.4 is 5.32 Å². The number of imidazole rings is 1. The van der Waals surface area contributed by atoms with Gasteiger partial charge in [0.2, 0.25) is 0 Å². The van der Waals surface area contributed by atoms with Crippen LogP contribution in [-0.2, 0) is 0 Å². The lowest BCUT2D eigenvalue weighted by Gasteiger charge is -2.15. The summed E-state index contributed by atoms with van der Waals surface area (Å²) in [6.45, 7) is 8.75. The number of hydrogen-bond donors (Lipinski definition) is 1. The molecule has 5 nitrogen and oxygen atoms in total. The van der Waals surface area contributed by atoms with Gasteiger partial charge in [-0.2, -0.15) is 0 Å². The third-order valence-corrected chi connectivity index (χ3v) is 4.54. The van der Waals surface area contributed by atoms with E-state index in [9.17, 15) is 0 Å². The molecule has 4 rings (SSSR count). The molecule has 0 spiro atoms. The van der Waals surface area contributed by atoms with Gasteiger partial charge in [-0.3, -0.25) is 0 Å². The maximum Gasteiger partial charge on any atom is 0.141 e. The average Bonchev–Trinajstić information content (AvgIpc) is 3.00. The second-order valence-electron chi connectivity index (χ2n) is 7.16. The fourth-order valence-corrected chi connectivity index (χ4v) is 3.37. The van der Waals surface area contributed by atoms with Crippen LogP contribution in [0.2, 0.25) is 0 Å². The number of para-hydroxylation sites is 1. The van der Waals surface area contributed by atoms with Crippen LogP contribution in [0.15, 0.2) is 48.8 Å². The lowest BCUT2D eigenvalue weighted by Crippen LogP contribution is -2.07. The minimum atomic E-state index is 0.346. The SMILES string of the molecule is CC(C)c1nc2cc3c(Nc4ccccc4)ncnc3cc2n1C(C)C. The minimum Gasteiger partial charge on any atom is -0.340 e. The van der Waals surface area contributed by atoms with Crippen LogP contribution in [0, 0.1) is 0 Å². The van der Waals surface area contributed by atoms with Crippen molar-refractivity contribution in [2.24, 2.45) is 0 Å². The maximum atomic E-state index is 4.91. The van der Waals surface area contributed by atoms with Gasteiger partial charge in [0.15, 0.2) is 0 Å². The highest BCUT2D eigenvalue weighted by Gasteiger charge is 2.17. The van der Waals surface area contributed by atoms with E-state index in [1.807, 2.05) is 30.3 Å². The van der Waals surface area contributed by atoms with E-state index in [-0.39, 0.29) is 0 Å². The van der Waals surface area contributed by atoms with Crippen LogP contribution in [0.4, 0.5) is 11.5 Å². The second-order valence-corrected chi connectivity index (χ2v) is 7.16. The number of fused-ring (bicyclic) bond motifs is 2. The zero-order valence-electron chi connectivity index (χ0n) is 15.6. The van der Waals surface area contributed by atoms with Gasteiger partial charge in [-0.25, -0.2) is 15.0 Å². The summed E-state index contributed by atoms with van der Waals surface area (Å²) in [5, 5.41) is 4.37. The molecule has 0 amide bonds. The van der Waals surface area contributed by atoms with Crippen molar-refractivity contribution in [3.63, 3.8) is 0 Å². The maximum absolute atomic E-state index is 4.91. The van der Waals surface area contributed by atoms with E-state index in [1.54, 1.807) is 6.33 Å². The molecule has 0 aliphatic carbocycles. The molecule has 0 radical (unpaired) electrons. The van der Waals surface area contributed by atoms with Crippen molar-refractivity contribution in [2.75, 3.05) is 5.32 Å². The predicted molar refractivity (Wildman–Crippen MR) is 107 cm³/mol. The number of aromatic nitrogens is 4. The molecule has 0 aliphatic rings. The Hall–Kier alpha value is -2.95. The molecule has 0 saturated heterocycles. The van der Waals surface area contributed by atoms with Crippen molar-refractivity contribution in [3.8, 4) is 0 Å². The number of nitrogens with zero attached hydrogens (tertiary/aromatic N) is 4. The molecule has 2 aromatic carbocycles. The first kappa shape index (κ1) is 16.5. The molecule has 2 aromatic heterocycles. The van der Waals surface area contributed by atoms with Gasteiger partial charge in [0.1, 0.15) is 18.0 Å². The summed E-state index contributed by atoms with van der Waals surface area (Å²) in [5.41, 5.74) is 4.03. The highest BCUT2D eigenvalue weighted by atomic mass is 15.1. The molecule has 0 fully saturated rings. The summed E-state index contributed by atoms with van der Waals surface area (Å²) < 4.78 is 2.31. The van der Waals surface area contributed by atoms with E-state index >= 15 is 0 Å². The van der Waals surface area contributed by atoms with Gasteiger partial charge in [0.05, 0.1) is 16.6 Å². The second kappa shape index (κ2) is 6.41. The van der Waals surface area contributed by atoms with Gasteiger partial charge in [0, 0.05) is 23.0 Å². The quantitative estimate of drug-likeness (QED) is 0.536. The lowest BCUT2D eigenvalue weighted by atomic mass is 10.2. The largest absolute Gasteiger partial charge is 0.340 e. The fraction of sp³-hybridized carbons (Fsp3) is 0.286. The van der Waals surface area contributed by atoms with Crippen molar-refractivity contribution < 1.29 is 0 Å². The average molecular weight is 345 g/mol. The van der Waals surface area contributed by atoms with Gasteiger partial charge < -0.3 is 9.88 Å². The van der Waals surface area contributed by atoms with Gasteiger partial charge in [-0.15, -0.1) is 0 Å². The number of anilines is 2. The number of hydrogen-bond acceptors (Lipinski definition) is 4. The molecule has 2 heterocycles. The van der Waals surface area contributed by atoms with Gasteiger partial charge in [-0.05, 0) is 38.1 Å². The molecule has 26 heavy (non-hydrogen) atoms. The first-order chi connectivity index (χ1) is 12.5. The summed E-state index contributed by atoms with van der Waals surface area (Å²) in [4.78, 5) is 13.9. The van der Waals surface area contributed by atoms with E-state index in [1.165, 1.54) is 0 Å². The van der Waals surface area contributed by atoms with E-state index in [2.05, 4.69) is 59.7 Å². The molecule has 1 N–H and O–H groups in total. The van der Waals surface area contributed by atoms with E-state index < -0.39 is 0 Å². The van der Waals surface area contributed by atoms with Gasteiger partial charge in [-0.1, -0.05) is 32.0 Å². The lowest BCUT2D eigenvalue weighted by molar-refractivity contribution is 0.564. The van der Waals surface area contributed by atoms with E-state index in [0.29, 0.717) is 12.0 Å². The first-order valence-electron chi connectivity index (χ1n) is 9.03. The Labute approximate surface area is 153 Å². The zero-order valence-corrected chi connectivity index (χ0v) is 15.6. The molecular weight excluding hydrogens is 322 g/mol. The molecule has 0 unspecified atom stereocenters. The summed E-state index contributed by atoms with van der Waals surface area (Å²) in [6, 6.07) is 14.6. The van der Waals surface area contributed by atoms with E-state index in [4.69, 9.17) is 4.98 Å². The van der Waals surface area contributed by atoms with Crippen molar-refractivity contribution in [1.82, 2.24) is 19.5 Å². The molecule has 0 aliphatic heterocycles. The number of rotatable bonds is 4. The highest BCUT2D eigenvalue weighted by molar-refractivity contribution is 5.99. The highest BCUT2D eigenvalue weighted by Crippen LogP contribution is 2.31. The topological polar surface area (TPSA) is 55.6 Å². The van der Waals surface area contributed by atoms with Crippen LogP contribution in [-0.4, -0.2) is 19.5 Å². The molecule has 0 atom stereocenters. The Balaban J connectivity index is 1.92. The third kappa shape index (κ3) is 2.79. The van der Waals surface area contributed by atoms with Crippen LogP contribution in [0.5, 0.6) is 0 Å². The smallest absolute Gasteiger partial charge is 0.141 e. The monoisotopic (exact) mass is 345 g/mol. The van der Waals surface area contributed by atoms with Crippen LogP contribution in [0.3, 0.4) is 0 Å². The molecule has 132 valence electrons. The normalized spacial score (nSPS) is 11.8. The zero-order chi connectivity index (χ0) is 18.3. The Bertz CT molecular complexity index is 1060. The molecule has 0 bridgehead atoms. The standard InChI is InChI=1S/C21H23N5/c1-13(2)21-25-18-10-16-17(11-19(18)26(21)14(3)4)22-12-23-20(16)24-15-8-6-5-7-9-15/h5-14H,1-4H3,(H,22,23,24). The Kier molecular flexibility index (Phi) is 4.07. The van der Waals surface area contributed by atoms with Crippen molar-refractivity contribution in [1.29, 1.82) is 0 Å². The summed E-state index contributed by atoms with van der Waals surface area (Å²) in [7, 11) is 0. The van der Waals surface area contributed by atoms with Crippen LogP contribution in [0.1, 0.15) is 45.5 Å². The fourth-order valence-electron chi connectivity index (χ4n) is 3.37. The predicted octanol–water partition coefficient (Wildman–Crippen LogP) is 5.43. The van der Waals surface area contributed by atoms with Crippen LogP contribution >= 0.6 is 0 Å². The molecule has 4 aromatic rings. The van der Waals surface area contributed by atoms with Gasteiger partial charge >= 0.3 is 0 Å². The number of nitrogens with one attached hydrogen (secondary N) is 1. The molecule has 5 heteroatoms. The Morgan fingerprint density at radius 3 is 2.38 bits per heavy atom. The molecule has 0 saturated carbocycles. The summed E-state index contributed by atoms with van der Waals surface area (Å²) in [5.74, 6) is 2.27. The first-order valence-corrected chi connectivity index (χ1v) is 9.03. The Morgan fingerprint density at radius 1 is 0.923 bits per heavy atom. The van der Waals surface area contributed by atoms with Gasteiger partial charge in [0.25, 0.3) is 0 Å². The minimum absolute atomic E-state index is 0.346. The van der Waals surface area contributed by atoms with Crippen molar-refractivity contribution >= 4 is 33.4 Å². The number of benzene rings is 2. The van der Waals surface area contributed by atoms with E-state index in [0.717, 1.165) is 39.3 Å². The Morgan fingerprint density at radius 2 is 1.69 bits per heavy atom. The molecular formula is C21H23N5.